The van der Waals surface area contributed by atoms with Gasteiger partial charge >= 0.3 is 0 Å². The van der Waals surface area contributed by atoms with Crippen LogP contribution in [0.1, 0.15) is 0 Å². The molecule has 1 heterocycles. The molecule has 0 aliphatic carbocycles. The van der Waals surface area contributed by atoms with Crippen LogP contribution < -0.4 is 4.72 Å². The highest BCUT2D eigenvalue weighted by Gasteiger charge is 2.03. The molecule has 6 heavy (non-hydrogen) atoms. The van der Waals surface area contributed by atoms with E-state index in [0.717, 1.165) is 0 Å². The van der Waals surface area contributed by atoms with E-state index in [1.165, 1.54) is 22.0 Å². The van der Waals surface area contributed by atoms with Crippen LogP contribution in [0.25, 0.3) is 0 Å². The number of nitrogens with zero attached hydrogens (tertiary/aromatic N) is 2. The van der Waals surface area contributed by atoms with Gasteiger partial charge in [-0.2, -0.15) is 9.12 Å². The van der Waals surface area contributed by atoms with E-state index in [0.29, 0.717) is 5.29 Å². The Morgan fingerprint density at radius 3 is 2.50 bits per heavy atom. The lowest BCUT2D eigenvalue weighted by Crippen LogP contribution is -1.89. The minimum absolute atomic E-state index is 0.352. The standard InChI is InChI=1S/CClN2S2/c2-1-3-5-6-4-1. The quantitative estimate of drug-likeness (QED) is 0.288. The summed E-state index contributed by atoms with van der Waals surface area (Å²) < 4.78 is 7.26. The summed E-state index contributed by atoms with van der Waals surface area (Å²) in [6.45, 7) is 0. The number of amidine groups is 1. The summed E-state index contributed by atoms with van der Waals surface area (Å²) in [6.07, 6.45) is 0. The highest BCUT2D eigenvalue weighted by molar-refractivity contribution is 8.76. The molecule has 0 saturated heterocycles. The van der Waals surface area contributed by atoms with Gasteiger partial charge in [0.25, 0.3) is 0 Å². The van der Waals surface area contributed by atoms with Crippen LogP contribution in [0.5, 0.6) is 0 Å². The zero-order valence-corrected chi connectivity index (χ0v) is 4.98. The third-order valence-electron chi connectivity index (χ3n) is 0.259. The lowest BCUT2D eigenvalue weighted by Gasteiger charge is -1.72. The monoisotopic (exact) mass is 139 g/mol. The molecule has 0 aromatic carbocycles. The molecule has 1 rings (SSSR count). The van der Waals surface area contributed by atoms with E-state index < -0.39 is 0 Å². The third kappa shape index (κ3) is 0.959. The van der Waals surface area contributed by atoms with Gasteiger partial charge in [-0.05, 0) is 11.6 Å². The topological polar surface area (TPSA) is 26.5 Å². The molecule has 0 bridgehead atoms. The van der Waals surface area contributed by atoms with Crippen LogP contribution in [0.3, 0.4) is 0 Å². The van der Waals surface area contributed by atoms with Gasteiger partial charge in [-0.3, -0.25) is 0 Å². The molecular formula is CClN2S2. The molecule has 0 aromatic rings. The minimum Gasteiger partial charge on any atom is -0.171 e. The van der Waals surface area contributed by atoms with Crippen LogP contribution in [0, 0.1) is 0 Å². The fraction of sp³-hybridized carbons (Fsp3) is 0. The van der Waals surface area contributed by atoms with E-state index in [1.54, 1.807) is 0 Å². The van der Waals surface area contributed by atoms with Crippen LogP contribution >= 0.6 is 33.6 Å². The highest BCUT2D eigenvalue weighted by Crippen LogP contribution is 2.27. The molecule has 5 heteroatoms. The number of halogens is 1. The molecule has 2 nitrogen and oxygen atoms in total. The predicted molar refractivity (Wildman–Crippen MR) is 30.6 cm³/mol. The second kappa shape index (κ2) is 1.95. The molecule has 33 valence electrons. The molecule has 0 spiro atoms. The molecule has 0 amide bonds. The van der Waals surface area contributed by atoms with Gasteiger partial charge in [0, 0.05) is 0 Å². The van der Waals surface area contributed by atoms with Crippen molar-refractivity contribution < 1.29 is 0 Å². The first-order valence-corrected chi connectivity index (χ1v) is 3.61. The lowest BCUT2D eigenvalue weighted by atomic mass is 11.4. The van der Waals surface area contributed by atoms with Gasteiger partial charge in [-0.1, -0.05) is 0 Å². The average molecular weight is 140 g/mol. The van der Waals surface area contributed by atoms with Crippen molar-refractivity contribution in [1.82, 2.24) is 4.72 Å². The Morgan fingerprint density at radius 1 is 1.50 bits per heavy atom. The second-order valence-corrected chi connectivity index (χ2v) is 2.50. The van der Waals surface area contributed by atoms with Gasteiger partial charge in [-0.15, -0.1) is 0 Å². The smallest absolute Gasteiger partial charge is 0.171 e. The van der Waals surface area contributed by atoms with E-state index in [-0.39, 0.29) is 0 Å². The van der Waals surface area contributed by atoms with Crippen molar-refractivity contribution in [3.8, 4) is 0 Å². The van der Waals surface area contributed by atoms with Gasteiger partial charge < -0.3 is 0 Å². The van der Waals surface area contributed by atoms with Crippen molar-refractivity contribution in [3.63, 3.8) is 0 Å². The molecule has 0 N–H and O–H groups in total. The van der Waals surface area contributed by atoms with Crippen LogP contribution in [0.4, 0.5) is 0 Å². The summed E-state index contributed by atoms with van der Waals surface area (Å²) in [5.74, 6) is 0. The first-order chi connectivity index (χ1) is 2.89. The Balaban J connectivity index is 2.45. The first-order valence-electron chi connectivity index (χ1n) is 1.17. The van der Waals surface area contributed by atoms with Crippen LogP contribution in [0.2, 0.25) is 0 Å². The predicted octanol–water partition coefficient (Wildman–Crippen LogP) is 1.41. The minimum atomic E-state index is 0.352. The van der Waals surface area contributed by atoms with E-state index in [1.807, 2.05) is 0 Å². The zero-order chi connectivity index (χ0) is 4.41. The number of hydrogen-bond acceptors (Lipinski definition) is 3. The maximum atomic E-state index is 5.25. The van der Waals surface area contributed by atoms with Crippen molar-refractivity contribution in [2.24, 2.45) is 4.40 Å². The number of rotatable bonds is 0. The normalized spacial score (nSPS) is 19.8. The fourth-order valence-electron chi connectivity index (χ4n) is 0.112. The molecule has 0 aromatic heterocycles. The Morgan fingerprint density at radius 2 is 2.33 bits per heavy atom. The van der Waals surface area contributed by atoms with Crippen LogP contribution in [-0.4, -0.2) is 5.29 Å². The van der Waals surface area contributed by atoms with Crippen LogP contribution in [0.15, 0.2) is 4.40 Å². The molecule has 0 fully saturated rings. The molecule has 1 aliphatic heterocycles. The Bertz CT molecular complexity index is 81.6. The Kier molecular flexibility index (Phi) is 1.50. The summed E-state index contributed by atoms with van der Waals surface area (Å²) in [4.78, 5) is 0. The summed E-state index contributed by atoms with van der Waals surface area (Å²) in [5.41, 5.74) is 0. The highest BCUT2D eigenvalue weighted by atomic mass is 35.5. The Hall–Kier alpha value is 0.460. The molecule has 0 saturated carbocycles. The van der Waals surface area contributed by atoms with Crippen molar-refractivity contribution in [2.75, 3.05) is 0 Å². The molecule has 0 unspecified atom stereocenters. The second-order valence-electron chi connectivity index (χ2n) is 0.601. The lowest BCUT2D eigenvalue weighted by molar-refractivity contribution is 1.58. The molecule has 0 atom stereocenters. The molecular weight excluding hydrogens is 140 g/mol. The average Bonchev–Trinajstić information content (AvgIpc) is 1.86. The molecule has 1 aliphatic rings. The SMILES string of the molecule is ClC1=NSS[N]1. The summed E-state index contributed by atoms with van der Waals surface area (Å²) in [7, 11) is 2.58. The maximum Gasteiger partial charge on any atom is 0.237 e. The van der Waals surface area contributed by atoms with Gasteiger partial charge in [0.1, 0.15) is 0 Å². The van der Waals surface area contributed by atoms with E-state index in [4.69, 9.17) is 11.6 Å². The third-order valence-corrected chi connectivity index (χ3v) is 1.84. The van der Waals surface area contributed by atoms with Crippen molar-refractivity contribution in [3.05, 3.63) is 0 Å². The van der Waals surface area contributed by atoms with Crippen molar-refractivity contribution in [1.29, 1.82) is 0 Å². The van der Waals surface area contributed by atoms with Crippen LogP contribution in [-0.2, 0) is 0 Å². The van der Waals surface area contributed by atoms with Crippen molar-refractivity contribution in [2.45, 2.75) is 0 Å². The zero-order valence-electron chi connectivity index (χ0n) is 2.59. The summed E-state index contributed by atoms with van der Waals surface area (Å²) in [5, 5.41) is 0.352. The van der Waals surface area contributed by atoms with Gasteiger partial charge in [-0.25, -0.2) is 0 Å². The van der Waals surface area contributed by atoms with Crippen molar-refractivity contribution >= 4 is 38.9 Å². The Labute approximate surface area is 48.4 Å². The van der Waals surface area contributed by atoms with Gasteiger partial charge in [0.2, 0.25) is 5.29 Å². The van der Waals surface area contributed by atoms with Gasteiger partial charge in [0.15, 0.2) is 0 Å². The first kappa shape index (κ1) is 4.61. The largest absolute Gasteiger partial charge is 0.237 e. The van der Waals surface area contributed by atoms with Gasteiger partial charge in [0.05, 0.1) is 22.0 Å². The van der Waals surface area contributed by atoms with E-state index in [2.05, 4.69) is 9.12 Å². The maximum absolute atomic E-state index is 5.25. The molecule has 1 radical (unpaired) electrons. The van der Waals surface area contributed by atoms with E-state index >= 15 is 0 Å². The van der Waals surface area contributed by atoms with E-state index in [9.17, 15) is 0 Å². The number of hydrogen-bond donors (Lipinski definition) is 0. The fourth-order valence-corrected chi connectivity index (χ4v) is 1.51. The summed E-state index contributed by atoms with van der Waals surface area (Å²) in [6, 6.07) is 0. The summed E-state index contributed by atoms with van der Waals surface area (Å²) >= 11 is 5.25.